The molecular formula is C25H24FN3O2. The van der Waals surface area contributed by atoms with E-state index in [4.69, 9.17) is 0 Å². The number of amides is 2. The predicted octanol–water partition coefficient (Wildman–Crippen LogP) is 3.66. The molecule has 1 aliphatic heterocycles. The highest BCUT2D eigenvalue weighted by Crippen LogP contribution is 2.27. The molecule has 0 aliphatic carbocycles. The van der Waals surface area contributed by atoms with Gasteiger partial charge in [-0.25, -0.2) is 4.39 Å². The number of carbonyl (C=O) groups is 2. The Morgan fingerprint density at radius 2 is 1.87 bits per heavy atom. The summed E-state index contributed by atoms with van der Waals surface area (Å²) in [6, 6.07) is 19.4. The molecular weight excluding hydrogens is 393 g/mol. The van der Waals surface area contributed by atoms with Crippen molar-refractivity contribution >= 4 is 11.8 Å². The second-order valence-corrected chi connectivity index (χ2v) is 7.79. The number of pyridine rings is 1. The molecule has 1 aliphatic rings. The van der Waals surface area contributed by atoms with E-state index in [9.17, 15) is 14.0 Å². The van der Waals surface area contributed by atoms with E-state index in [0.29, 0.717) is 31.7 Å². The van der Waals surface area contributed by atoms with Crippen LogP contribution in [0.1, 0.15) is 16.1 Å². The van der Waals surface area contributed by atoms with Crippen LogP contribution in [-0.4, -0.2) is 53.3 Å². The van der Waals surface area contributed by atoms with Crippen LogP contribution in [0.15, 0.2) is 72.9 Å². The third kappa shape index (κ3) is 4.63. The van der Waals surface area contributed by atoms with Crippen LogP contribution in [0.2, 0.25) is 0 Å². The van der Waals surface area contributed by atoms with E-state index in [1.54, 1.807) is 47.3 Å². The number of nitrogens with zero attached hydrogens (tertiary/aromatic N) is 3. The van der Waals surface area contributed by atoms with Gasteiger partial charge in [0, 0.05) is 32.9 Å². The van der Waals surface area contributed by atoms with Gasteiger partial charge in [0.2, 0.25) is 5.91 Å². The molecule has 0 unspecified atom stereocenters. The monoisotopic (exact) mass is 417 g/mol. The Kier molecular flexibility index (Phi) is 6.07. The number of hydrogen-bond donors (Lipinski definition) is 0. The average molecular weight is 417 g/mol. The minimum absolute atomic E-state index is 0.00497. The van der Waals surface area contributed by atoms with Crippen LogP contribution in [0.5, 0.6) is 0 Å². The summed E-state index contributed by atoms with van der Waals surface area (Å²) in [5.74, 6) is -0.864. The van der Waals surface area contributed by atoms with Gasteiger partial charge in [-0.2, -0.15) is 0 Å². The van der Waals surface area contributed by atoms with E-state index in [-0.39, 0.29) is 17.6 Å². The highest BCUT2D eigenvalue weighted by molar-refractivity contribution is 5.93. The number of hydrogen-bond acceptors (Lipinski definition) is 3. The topological polar surface area (TPSA) is 53.5 Å². The predicted molar refractivity (Wildman–Crippen MR) is 117 cm³/mol. The molecule has 1 saturated heterocycles. The van der Waals surface area contributed by atoms with Crippen molar-refractivity contribution in [1.82, 2.24) is 14.8 Å². The Balaban J connectivity index is 1.62. The van der Waals surface area contributed by atoms with Crippen molar-refractivity contribution in [1.29, 1.82) is 0 Å². The molecule has 0 saturated carbocycles. The van der Waals surface area contributed by atoms with E-state index in [2.05, 4.69) is 4.98 Å². The molecule has 1 fully saturated rings. The van der Waals surface area contributed by atoms with Crippen LogP contribution < -0.4 is 0 Å². The smallest absolute Gasteiger partial charge is 0.272 e. The van der Waals surface area contributed by atoms with Gasteiger partial charge in [0.25, 0.3) is 5.91 Å². The second-order valence-electron chi connectivity index (χ2n) is 7.79. The van der Waals surface area contributed by atoms with Gasteiger partial charge in [-0.1, -0.05) is 42.5 Å². The van der Waals surface area contributed by atoms with Crippen molar-refractivity contribution in [3.8, 4) is 11.1 Å². The highest BCUT2D eigenvalue weighted by atomic mass is 19.1. The average Bonchev–Trinajstić information content (AvgIpc) is 2.93. The maximum atomic E-state index is 13.8. The van der Waals surface area contributed by atoms with E-state index >= 15 is 0 Å². The van der Waals surface area contributed by atoms with Gasteiger partial charge < -0.3 is 9.80 Å². The van der Waals surface area contributed by atoms with E-state index in [1.165, 1.54) is 12.1 Å². The molecule has 1 aromatic heterocycles. The molecule has 6 heteroatoms. The van der Waals surface area contributed by atoms with Crippen LogP contribution in [0.4, 0.5) is 4.39 Å². The van der Waals surface area contributed by atoms with Crippen LogP contribution >= 0.6 is 0 Å². The fraction of sp³-hybridized carbons (Fsp3) is 0.240. The summed E-state index contributed by atoms with van der Waals surface area (Å²) in [6.07, 6.45) is 2.05. The van der Waals surface area contributed by atoms with Gasteiger partial charge >= 0.3 is 0 Å². The van der Waals surface area contributed by atoms with Crippen LogP contribution in [0, 0.1) is 11.7 Å². The minimum Gasteiger partial charge on any atom is -0.344 e. The van der Waals surface area contributed by atoms with Gasteiger partial charge in [0.15, 0.2) is 0 Å². The van der Waals surface area contributed by atoms with Crippen molar-refractivity contribution < 1.29 is 14.0 Å². The summed E-state index contributed by atoms with van der Waals surface area (Å²) in [5.41, 5.74) is 2.99. The van der Waals surface area contributed by atoms with Crippen molar-refractivity contribution in [2.24, 2.45) is 5.92 Å². The molecule has 31 heavy (non-hydrogen) atoms. The molecule has 1 atom stereocenters. The summed E-state index contributed by atoms with van der Waals surface area (Å²) in [4.78, 5) is 33.6. The Labute approximate surface area is 181 Å². The Morgan fingerprint density at radius 1 is 1.06 bits per heavy atom. The van der Waals surface area contributed by atoms with Crippen LogP contribution in [-0.2, 0) is 11.2 Å². The fourth-order valence-electron chi connectivity index (χ4n) is 4.02. The number of aromatic nitrogens is 1. The zero-order valence-corrected chi connectivity index (χ0v) is 17.4. The highest BCUT2D eigenvalue weighted by Gasteiger charge is 2.32. The third-order valence-corrected chi connectivity index (χ3v) is 5.66. The zero-order valence-electron chi connectivity index (χ0n) is 17.4. The lowest BCUT2D eigenvalue weighted by Crippen LogP contribution is -2.37. The first-order chi connectivity index (χ1) is 15.0. The SMILES string of the molecule is CN1CCN(C(=O)c2ccccn2)C[C@H](Cc2ccccc2-c2cccc(F)c2)C1=O. The number of benzene rings is 2. The molecule has 158 valence electrons. The van der Waals surface area contributed by atoms with Crippen LogP contribution in [0.25, 0.3) is 11.1 Å². The van der Waals surface area contributed by atoms with Gasteiger partial charge in [-0.15, -0.1) is 0 Å². The summed E-state index contributed by atoms with van der Waals surface area (Å²) in [5, 5.41) is 0. The molecule has 2 heterocycles. The lowest BCUT2D eigenvalue weighted by atomic mass is 9.91. The van der Waals surface area contributed by atoms with Crippen molar-refractivity contribution in [3.05, 3.63) is 90.0 Å². The van der Waals surface area contributed by atoms with Crippen molar-refractivity contribution in [2.45, 2.75) is 6.42 Å². The maximum Gasteiger partial charge on any atom is 0.272 e. The van der Waals surface area contributed by atoms with E-state index in [0.717, 1.165) is 16.7 Å². The van der Waals surface area contributed by atoms with Gasteiger partial charge in [-0.3, -0.25) is 14.6 Å². The maximum absolute atomic E-state index is 13.8. The normalized spacial score (nSPS) is 16.8. The molecule has 0 bridgehead atoms. The Bertz CT molecular complexity index is 1090. The number of likely N-dealkylation sites (N-methyl/N-ethyl adjacent to an activating group) is 1. The quantitative estimate of drug-likeness (QED) is 0.651. The molecule has 0 N–H and O–H groups in total. The second kappa shape index (κ2) is 9.08. The van der Waals surface area contributed by atoms with Crippen molar-refractivity contribution in [2.75, 3.05) is 26.7 Å². The molecule has 2 aromatic carbocycles. The van der Waals surface area contributed by atoms with E-state index < -0.39 is 5.92 Å². The summed E-state index contributed by atoms with van der Waals surface area (Å²) >= 11 is 0. The Morgan fingerprint density at radius 3 is 2.65 bits per heavy atom. The first-order valence-corrected chi connectivity index (χ1v) is 10.3. The van der Waals surface area contributed by atoms with Crippen LogP contribution in [0.3, 0.4) is 0 Å². The summed E-state index contributed by atoms with van der Waals surface area (Å²) in [6.45, 7) is 1.25. The van der Waals surface area contributed by atoms with Gasteiger partial charge in [-0.05, 0) is 47.4 Å². The van der Waals surface area contributed by atoms with E-state index in [1.807, 2.05) is 30.3 Å². The molecule has 0 spiro atoms. The summed E-state index contributed by atoms with van der Waals surface area (Å²) in [7, 11) is 1.77. The molecule has 5 nitrogen and oxygen atoms in total. The van der Waals surface area contributed by atoms with Crippen molar-refractivity contribution in [3.63, 3.8) is 0 Å². The lowest BCUT2D eigenvalue weighted by Gasteiger charge is -2.24. The standard InChI is InChI=1S/C25H24FN3O2/c1-28-13-14-29(25(31)23-11-4-5-12-27-23)17-20(24(28)30)15-18-7-2-3-10-22(18)19-8-6-9-21(26)16-19/h2-12,16,20H,13-15,17H2,1H3/t20-/m0/s1. The number of halogens is 1. The Hall–Kier alpha value is -3.54. The molecule has 3 aromatic rings. The largest absolute Gasteiger partial charge is 0.344 e. The number of rotatable bonds is 4. The first kappa shape index (κ1) is 20.7. The zero-order chi connectivity index (χ0) is 21.8. The molecule has 2 amide bonds. The third-order valence-electron chi connectivity index (χ3n) is 5.66. The lowest BCUT2D eigenvalue weighted by molar-refractivity contribution is -0.133. The summed E-state index contributed by atoms with van der Waals surface area (Å²) < 4.78 is 13.8. The van der Waals surface area contributed by atoms with Gasteiger partial charge in [0.1, 0.15) is 11.5 Å². The fourth-order valence-corrected chi connectivity index (χ4v) is 4.02. The van der Waals surface area contributed by atoms with Gasteiger partial charge in [0.05, 0.1) is 5.92 Å². The minimum atomic E-state index is -0.394. The molecule has 0 radical (unpaired) electrons. The first-order valence-electron chi connectivity index (χ1n) is 10.3. The molecule has 4 rings (SSSR count). The number of carbonyl (C=O) groups excluding carboxylic acids is 2.